The van der Waals surface area contributed by atoms with Gasteiger partial charge in [-0.25, -0.2) is 9.97 Å². The molecule has 0 aliphatic heterocycles. The summed E-state index contributed by atoms with van der Waals surface area (Å²) in [5, 5.41) is 0. The van der Waals surface area contributed by atoms with Crippen LogP contribution in [0.5, 0.6) is 5.75 Å². The summed E-state index contributed by atoms with van der Waals surface area (Å²) in [5.41, 5.74) is 0. The molecule has 0 aromatic carbocycles. The predicted molar refractivity (Wildman–Crippen MR) is 53.5 cm³/mol. The molecule has 0 N–H and O–H groups in total. The normalized spacial score (nSPS) is 10.6. The molecule has 14 heavy (non-hydrogen) atoms. The quantitative estimate of drug-likeness (QED) is 0.671. The molecule has 0 radical (unpaired) electrons. The number of methoxy groups -OCH3 is 1. The first kappa shape index (κ1) is 10.9. The molecule has 1 aromatic rings. The van der Waals surface area contributed by atoms with E-state index in [0.717, 1.165) is 5.82 Å². The Kier molecular flexibility index (Phi) is 4.32. The van der Waals surface area contributed by atoms with Crippen LogP contribution in [0.3, 0.4) is 0 Å². The van der Waals surface area contributed by atoms with Crippen LogP contribution < -0.4 is 4.74 Å². The molecule has 0 saturated heterocycles. The lowest BCUT2D eigenvalue weighted by atomic mass is 10.2. The van der Waals surface area contributed by atoms with E-state index in [1.165, 1.54) is 0 Å². The van der Waals surface area contributed by atoms with Crippen LogP contribution in [-0.4, -0.2) is 30.3 Å². The summed E-state index contributed by atoms with van der Waals surface area (Å²) < 4.78 is 10.2. The topological polar surface area (TPSA) is 44.2 Å². The maximum Gasteiger partial charge on any atom is 0.156 e. The summed E-state index contributed by atoms with van der Waals surface area (Å²) in [4.78, 5) is 8.36. The van der Waals surface area contributed by atoms with E-state index in [-0.39, 0.29) is 0 Å². The molecule has 1 aromatic heterocycles. The monoisotopic (exact) mass is 196 g/mol. The molecule has 0 atom stereocenters. The van der Waals surface area contributed by atoms with E-state index in [0.29, 0.717) is 24.9 Å². The molecule has 0 saturated carbocycles. The van der Waals surface area contributed by atoms with E-state index >= 15 is 0 Å². The van der Waals surface area contributed by atoms with Crippen molar-refractivity contribution < 1.29 is 9.47 Å². The van der Waals surface area contributed by atoms with Crippen LogP contribution in [0, 0.1) is 0 Å². The summed E-state index contributed by atoms with van der Waals surface area (Å²) in [6.45, 7) is 5.22. The van der Waals surface area contributed by atoms with E-state index in [9.17, 15) is 0 Å². The van der Waals surface area contributed by atoms with Gasteiger partial charge < -0.3 is 9.47 Å². The first-order chi connectivity index (χ1) is 6.74. The highest BCUT2D eigenvalue weighted by molar-refractivity contribution is 5.13. The fourth-order valence-electron chi connectivity index (χ4n) is 0.942. The molecule has 1 heterocycles. The summed E-state index contributed by atoms with van der Waals surface area (Å²) in [7, 11) is 1.64. The minimum absolute atomic E-state index is 0.350. The van der Waals surface area contributed by atoms with E-state index in [1.54, 1.807) is 19.5 Å². The largest absolute Gasteiger partial charge is 0.488 e. The molecule has 0 fully saturated rings. The van der Waals surface area contributed by atoms with Crippen molar-refractivity contribution in [2.75, 3.05) is 20.3 Å². The van der Waals surface area contributed by atoms with Crippen molar-refractivity contribution in [3.63, 3.8) is 0 Å². The molecular formula is C10H16N2O2. The van der Waals surface area contributed by atoms with Crippen molar-refractivity contribution in [3.05, 3.63) is 18.2 Å². The first-order valence-electron chi connectivity index (χ1n) is 4.67. The third-order valence-electron chi connectivity index (χ3n) is 1.72. The third kappa shape index (κ3) is 3.30. The molecule has 4 nitrogen and oxygen atoms in total. The van der Waals surface area contributed by atoms with Crippen molar-refractivity contribution in [2.45, 2.75) is 19.8 Å². The Morgan fingerprint density at radius 2 is 1.86 bits per heavy atom. The van der Waals surface area contributed by atoms with Crippen LogP contribution in [-0.2, 0) is 4.74 Å². The van der Waals surface area contributed by atoms with Crippen molar-refractivity contribution in [1.29, 1.82) is 0 Å². The first-order valence-corrected chi connectivity index (χ1v) is 4.67. The van der Waals surface area contributed by atoms with Crippen LogP contribution >= 0.6 is 0 Å². The van der Waals surface area contributed by atoms with Gasteiger partial charge in [-0.05, 0) is 0 Å². The fraction of sp³-hybridized carbons (Fsp3) is 0.600. The average molecular weight is 196 g/mol. The maximum absolute atomic E-state index is 5.33. The van der Waals surface area contributed by atoms with Gasteiger partial charge in [0.25, 0.3) is 0 Å². The second-order valence-corrected chi connectivity index (χ2v) is 3.27. The molecule has 0 unspecified atom stereocenters. The number of nitrogens with zero attached hydrogens (tertiary/aromatic N) is 2. The van der Waals surface area contributed by atoms with Crippen molar-refractivity contribution in [1.82, 2.24) is 9.97 Å². The number of hydrogen-bond acceptors (Lipinski definition) is 4. The van der Waals surface area contributed by atoms with Crippen LogP contribution in [0.25, 0.3) is 0 Å². The van der Waals surface area contributed by atoms with Gasteiger partial charge in [-0.3, -0.25) is 0 Å². The highest BCUT2D eigenvalue weighted by Gasteiger charge is 2.02. The number of hydrogen-bond donors (Lipinski definition) is 0. The van der Waals surface area contributed by atoms with Gasteiger partial charge in [0.15, 0.2) is 5.75 Å². The van der Waals surface area contributed by atoms with Gasteiger partial charge in [-0.2, -0.15) is 0 Å². The Morgan fingerprint density at radius 3 is 2.36 bits per heavy atom. The van der Waals surface area contributed by atoms with Crippen molar-refractivity contribution in [3.8, 4) is 5.75 Å². The summed E-state index contributed by atoms with van der Waals surface area (Å²) in [6, 6.07) is 0. The van der Waals surface area contributed by atoms with Crippen molar-refractivity contribution in [2.24, 2.45) is 0 Å². The van der Waals surface area contributed by atoms with E-state index in [1.807, 2.05) is 0 Å². The average Bonchev–Trinajstić information content (AvgIpc) is 2.19. The lowest BCUT2D eigenvalue weighted by molar-refractivity contribution is 0.146. The molecule has 4 heteroatoms. The second kappa shape index (κ2) is 5.54. The van der Waals surface area contributed by atoms with E-state index < -0.39 is 0 Å². The van der Waals surface area contributed by atoms with E-state index in [2.05, 4.69) is 23.8 Å². The number of aromatic nitrogens is 2. The summed E-state index contributed by atoms with van der Waals surface area (Å²) >= 11 is 0. The maximum atomic E-state index is 5.33. The zero-order valence-electron chi connectivity index (χ0n) is 8.86. The zero-order chi connectivity index (χ0) is 10.4. The fourth-order valence-corrected chi connectivity index (χ4v) is 0.942. The molecule has 0 bridgehead atoms. The van der Waals surface area contributed by atoms with E-state index in [4.69, 9.17) is 9.47 Å². The molecule has 0 aliphatic carbocycles. The molecule has 78 valence electrons. The standard InChI is InChI=1S/C10H16N2O2/c1-8(2)10-11-6-9(7-12-10)14-5-4-13-3/h6-8H,4-5H2,1-3H3. The highest BCUT2D eigenvalue weighted by atomic mass is 16.5. The number of rotatable bonds is 5. The molecule has 1 rings (SSSR count). The highest BCUT2D eigenvalue weighted by Crippen LogP contribution is 2.11. The Hall–Kier alpha value is -1.16. The van der Waals surface area contributed by atoms with Gasteiger partial charge in [0, 0.05) is 13.0 Å². The summed E-state index contributed by atoms with van der Waals surface area (Å²) in [5.74, 6) is 1.87. The van der Waals surface area contributed by atoms with Gasteiger partial charge in [0.05, 0.1) is 19.0 Å². The number of ether oxygens (including phenoxy) is 2. The van der Waals surface area contributed by atoms with Gasteiger partial charge in [0.1, 0.15) is 12.4 Å². The van der Waals surface area contributed by atoms with Crippen LogP contribution in [0.4, 0.5) is 0 Å². The lowest BCUT2D eigenvalue weighted by Gasteiger charge is -2.06. The van der Waals surface area contributed by atoms with Crippen molar-refractivity contribution >= 4 is 0 Å². The van der Waals surface area contributed by atoms with Crippen LogP contribution in [0.1, 0.15) is 25.6 Å². The van der Waals surface area contributed by atoms with Gasteiger partial charge >= 0.3 is 0 Å². The molecule has 0 aliphatic rings. The Balaban J connectivity index is 2.47. The molecule has 0 amide bonds. The van der Waals surface area contributed by atoms with Crippen LogP contribution in [0.2, 0.25) is 0 Å². The van der Waals surface area contributed by atoms with Crippen LogP contribution in [0.15, 0.2) is 12.4 Å². The van der Waals surface area contributed by atoms with Gasteiger partial charge in [-0.1, -0.05) is 13.8 Å². The van der Waals surface area contributed by atoms with Gasteiger partial charge in [0.2, 0.25) is 0 Å². The Bertz CT molecular complexity index is 259. The SMILES string of the molecule is COCCOc1cnc(C(C)C)nc1. The summed E-state index contributed by atoms with van der Waals surface area (Å²) in [6.07, 6.45) is 3.38. The minimum Gasteiger partial charge on any atom is -0.488 e. The Morgan fingerprint density at radius 1 is 1.21 bits per heavy atom. The van der Waals surface area contributed by atoms with Gasteiger partial charge in [-0.15, -0.1) is 0 Å². The minimum atomic E-state index is 0.350. The molecular weight excluding hydrogens is 180 g/mol. The molecule has 0 spiro atoms. The predicted octanol–water partition coefficient (Wildman–Crippen LogP) is 1.63. The Labute approximate surface area is 84.3 Å². The second-order valence-electron chi connectivity index (χ2n) is 3.27. The smallest absolute Gasteiger partial charge is 0.156 e. The third-order valence-corrected chi connectivity index (χ3v) is 1.72. The zero-order valence-corrected chi connectivity index (χ0v) is 8.86. The lowest BCUT2D eigenvalue weighted by Crippen LogP contribution is -2.05.